The second kappa shape index (κ2) is 8.06. The van der Waals surface area contributed by atoms with Gasteiger partial charge in [-0.05, 0) is 68.8 Å². The summed E-state index contributed by atoms with van der Waals surface area (Å²) in [7, 11) is -3.71. The van der Waals surface area contributed by atoms with Crippen molar-refractivity contribution >= 4 is 33.0 Å². The lowest BCUT2D eigenvalue weighted by molar-refractivity contribution is 0.103. The molecule has 0 saturated heterocycles. The van der Waals surface area contributed by atoms with Crippen LogP contribution in [0.5, 0.6) is 0 Å². The zero-order valence-electron chi connectivity index (χ0n) is 16.2. The summed E-state index contributed by atoms with van der Waals surface area (Å²) in [6.45, 7) is 5.27. The molecule has 0 spiro atoms. The van der Waals surface area contributed by atoms with Crippen molar-refractivity contribution in [2.24, 2.45) is 0 Å². The number of amides is 1. The molecule has 2 N–H and O–H groups in total. The minimum Gasteiger partial charge on any atom is -0.321 e. The molecule has 0 atom stereocenters. The average molecular weight is 433 g/mol. The molecule has 0 bridgehead atoms. The van der Waals surface area contributed by atoms with E-state index in [9.17, 15) is 17.6 Å². The number of carbonyl (C=O) groups is 1. The van der Waals surface area contributed by atoms with Gasteiger partial charge in [0, 0.05) is 16.1 Å². The Morgan fingerprint density at radius 3 is 2.34 bits per heavy atom. The summed E-state index contributed by atoms with van der Waals surface area (Å²) in [5.74, 6) is -0.666. The highest BCUT2D eigenvalue weighted by Gasteiger charge is 2.22. The fraction of sp³-hybridized carbons (Fsp3) is 0.190. The van der Waals surface area contributed by atoms with E-state index in [2.05, 4.69) is 10.0 Å². The van der Waals surface area contributed by atoms with E-state index in [0.717, 1.165) is 10.4 Å². The van der Waals surface area contributed by atoms with Gasteiger partial charge in [-0.1, -0.05) is 18.2 Å². The van der Waals surface area contributed by atoms with Gasteiger partial charge >= 0.3 is 0 Å². The smallest absolute Gasteiger partial charge is 0.265 e. The molecule has 3 aromatic rings. The van der Waals surface area contributed by atoms with E-state index in [4.69, 9.17) is 0 Å². The monoisotopic (exact) mass is 432 g/mol. The number of carbonyl (C=O) groups excluding carboxylic acids is 1. The van der Waals surface area contributed by atoms with E-state index in [-0.39, 0.29) is 16.6 Å². The Hall–Kier alpha value is -2.55. The molecule has 0 fully saturated rings. The average Bonchev–Trinajstić information content (AvgIpc) is 3.11. The Morgan fingerprint density at radius 2 is 1.69 bits per heavy atom. The summed E-state index contributed by atoms with van der Waals surface area (Å²) < 4.78 is 40.6. The summed E-state index contributed by atoms with van der Waals surface area (Å²) in [5.41, 5.74) is 0.575. The molecule has 3 rings (SSSR count). The molecular formula is C21H21FN2O3S2. The van der Waals surface area contributed by atoms with Crippen LogP contribution in [0.25, 0.3) is 10.4 Å². The Bertz CT molecular complexity index is 1130. The fourth-order valence-electron chi connectivity index (χ4n) is 2.62. The Labute approximate surface area is 173 Å². The summed E-state index contributed by atoms with van der Waals surface area (Å²) in [6.07, 6.45) is 0. The molecule has 0 aliphatic carbocycles. The van der Waals surface area contributed by atoms with Gasteiger partial charge < -0.3 is 5.32 Å². The largest absolute Gasteiger partial charge is 0.321 e. The Kier molecular flexibility index (Phi) is 5.88. The quantitative estimate of drug-likeness (QED) is 0.603. The van der Waals surface area contributed by atoms with E-state index in [1.165, 1.54) is 35.6 Å². The molecule has 1 amide bonds. The van der Waals surface area contributed by atoms with Gasteiger partial charge in [-0.2, -0.15) is 0 Å². The highest BCUT2D eigenvalue weighted by Crippen LogP contribution is 2.29. The highest BCUT2D eigenvalue weighted by atomic mass is 32.2. The third kappa shape index (κ3) is 5.50. The number of nitrogens with one attached hydrogen (secondary N) is 2. The number of benzene rings is 2. The number of hydrogen-bond donors (Lipinski definition) is 2. The maximum atomic E-state index is 13.1. The van der Waals surface area contributed by atoms with Gasteiger partial charge in [-0.25, -0.2) is 17.5 Å². The first-order chi connectivity index (χ1) is 13.5. The van der Waals surface area contributed by atoms with Crippen LogP contribution in [-0.4, -0.2) is 19.9 Å². The first kappa shape index (κ1) is 21.2. The number of thiophene rings is 1. The van der Waals surface area contributed by atoms with E-state index < -0.39 is 15.6 Å². The van der Waals surface area contributed by atoms with Gasteiger partial charge in [-0.15, -0.1) is 11.3 Å². The minimum absolute atomic E-state index is 0.0726. The molecular weight excluding hydrogens is 411 g/mol. The highest BCUT2D eigenvalue weighted by molar-refractivity contribution is 7.89. The van der Waals surface area contributed by atoms with Crippen LogP contribution in [0.15, 0.2) is 65.6 Å². The number of rotatable bonds is 5. The third-order valence-electron chi connectivity index (χ3n) is 3.80. The maximum absolute atomic E-state index is 13.1. The zero-order chi connectivity index (χ0) is 21.2. The molecule has 0 radical (unpaired) electrons. The van der Waals surface area contributed by atoms with Crippen molar-refractivity contribution in [3.8, 4) is 10.4 Å². The molecule has 1 heterocycles. The van der Waals surface area contributed by atoms with E-state index >= 15 is 0 Å². The van der Waals surface area contributed by atoms with Crippen LogP contribution in [0.3, 0.4) is 0 Å². The summed E-state index contributed by atoms with van der Waals surface area (Å²) in [5, 5.41) is 2.73. The molecule has 29 heavy (non-hydrogen) atoms. The third-order valence-corrected chi connectivity index (χ3v) is 6.69. The van der Waals surface area contributed by atoms with Gasteiger partial charge in [0.1, 0.15) is 5.82 Å². The van der Waals surface area contributed by atoms with Gasteiger partial charge in [0.2, 0.25) is 10.0 Å². The van der Waals surface area contributed by atoms with Crippen molar-refractivity contribution in [1.29, 1.82) is 0 Å². The molecule has 8 heteroatoms. The van der Waals surface area contributed by atoms with Crippen molar-refractivity contribution in [2.75, 3.05) is 5.32 Å². The minimum atomic E-state index is -3.71. The van der Waals surface area contributed by atoms with Crippen LogP contribution in [0.1, 0.15) is 30.4 Å². The predicted molar refractivity (Wildman–Crippen MR) is 114 cm³/mol. The summed E-state index contributed by atoms with van der Waals surface area (Å²) in [6, 6.07) is 15.6. The summed E-state index contributed by atoms with van der Waals surface area (Å²) in [4.78, 5) is 13.9. The van der Waals surface area contributed by atoms with Crippen LogP contribution < -0.4 is 10.0 Å². The van der Waals surface area contributed by atoms with Crippen molar-refractivity contribution < 1.29 is 17.6 Å². The number of anilines is 1. The first-order valence-electron chi connectivity index (χ1n) is 8.85. The standard InChI is InChI=1S/C21H21FN2O3S2/c1-21(2,3)24-29(26,27)17-6-4-5-16(13-17)23-20(25)19-12-11-18(28-19)14-7-9-15(22)10-8-14/h4-13,24H,1-3H3,(H,23,25). The number of halogens is 1. The van der Waals surface area contributed by atoms with Crippen LogP contribution in [-0.2, 0) is 10.0 Å². The van der Waals surface area contributed by atoms with E-state index in [0.29, 0.717) is 10.6 Å². The lowest BCUT2D eigenvalue weighted by atomic mass is 10.1. The van der Waals surface area contributed by atoms with E-state index in [1.54, 1.807) is 57.2 Å². The van der Waals surface area contributed by atoms with Crippen molar-refractivity contribution in [2.45, 2.75) is 31.2 Å². The van der Waals surface area contributed by atoms with Crippen LogP contribution >= 0.6 is 11.3 Å². The van der Waals surface area contributed by atoms with Crippen LogP contribution in [0.2, 0.25) is 0 Å². The van der Waals surface area contributed by atoms with Gasteiger partial charge in [0.25, 0.3) is 5.91 Å². The number of sulfonamides is 1. The molecule has 152 valence electrons. The molecule has 0 saturated carbocycles. The molecule has 0 unspecified atom stereocenters. The molecule has 5 nitrogen and oxygen atoms in total. The van der Waals surface area contributed by atoms with Crippen LogP contribution in [0.4, 0.5) is 10.1 Å². The lowest BCUT2D eigenvalue weighted by Crippen LogP contribution is -2.40. The first-order valence-corrected chi connectivity index (χ1v) is 11.1. The SMILES string of the molecule is CC(C)(C)NS(=O)(=O)c1cccc(NC(=O)c2ccc(-c3ccc(F)cc3)s2)c1. The molecule has 2 aromatic carbocycles. The molecule has 0 aliphatic heterocycles. The summed E-state index contributed by atoms with van der Waals surface area (Å²) >= 11 is 1.27. The van der Waals surface area contributed by atoms with Gasteiger partial charge in [0.05, 0.1) is 9.77 Å². The van der Waals surface area contributed by atoms with Crippen molar-refractivity contribution in [1.82, 2.24) is 4.72 Å². The molecule has 1 aromatic heterocycles. The topological polar surface area (TPSA) is 75.3 Å². The zero-order valence-corrected chi connectivity index (χ0v) is 17.8. The number of hydrogen-bond acceptors (Lipinski definition) is 4. The van der Waals surface area contributed by atoms with Crippen molar-refractivity contribution in [3.05, 3.63) is 71.4 Å². The fourth-order valence-corrected chi connectivity index (χ4v) is 5.00. The van der Waals surface area contributed by atoms with Crippen LogP contribution in [0, 0.1) is 5.82 Å². The van der Waals surface area contributed by atoms with Crippen molar-refractivity contribution in [3.63, 3.8) is 0 Å². The second-order valence-electron chi connectivity index (χ2n) is 7.51. The maximum Gasteiger partial charge on any atom is 0.265 e. The lowest BCUT2D eigenvalue weighted by Gasteiger charge is -2.20. The van der Waals surface area contributed by atoms with Gasteiger partial charge in [-0.3, -0.25) is 4.79 Å². The normalized spacial score (nSPS) is 12.0. The van der Waals surface area contributed by atoms with E-state index in [1.807, 2.05) is 0 Å². The second-order valence-corrected chi connectivity index (χ2v) is 10.3. The Balaban J connectivity index is 1.77. The predicted octanol–water partition coefficient (Wildman–Crippen LogP) is 4.88. The Morgan fingerprint density at radius 1 is 1.00 bits per heavy atom. The van der Waals surface area contributed by atoms with Gasteiger partial charge in [0.15, 0.2) is 0 Å². The molecule has 0 aliphatic rings.